The van der Waals surface area contributed by atoms with Crippen LogP contribution < -0.4 is 0 Å². The Hall–Kier alpha value is -1.39. The summed E-state index contributed by atoms with van der Waals surface area (Å²) in [6.45, 7) is 8.17. The predicted octanol–water partition coefficient (Wildman–Crippen LogP) is 1.36. The van der Waals surface area contributed by atoms with Gasteiger partial charge in [0, 0.05) is 0 Å². The van der Waals surface area contributed by atoms with E-state index in [2.05, 4.69) is 0 Å². The number of likely N-dealkylation sites (tertiary alicyclic amines) is 1. The molecule has 2 atom stereocenters. The van der Waals surface area contributed by atoms with Crippen molar-refractivity contribution in [3.8, 4) is 0 Å². The fraction of sp³-hybridized carbons (Fsp3) is 0.727. The Labute approximate surface area is 94.7 Å². The largest absolute Gasteiger partial charge is 0.443 e. The van der Waals surface area contributed by atoms with E-state index in [9.17, 15) is 14.4 Å². The number of hydrogen-bond donors (Lipinski definition) is 0. The maximum atomic E-state index is 11.7. The summed E-state index contributed by atoms with van der Waals surface area (Å²) < 4.78 is 5.07. The van der Waals surface area contributed by atoms with Crippen molar-refractivity contribution >= 4 is 17.8 Å². The van der Waals surface area contributed by atoms with Crippen molar-refractivity contribution in [2.24, 2.45) is 5.92 Å². The summed E-state index contributed by atoms with van der Waals surface area (Å²) >= 11 is 0. The van der Waals surface area contributed by atoms with Crippen molar-refractivity contribution in [3.63, 3.8) is 0 Å². The van der Waals surface area contributed by atoms with Crippen molar-refractivity contribution in [2.75, 3.05) is 0 Å². The first-order chi connectivity index (χ1) is 7.15. The maximum absolute atomic E-state index is 11.7. The summed E-state index contributed by atoms with van der Waals surface area (Å²) in [7, 11) is 0. The van der Waals surface area contributed by atoms with Gasteiger partial charge in [-0.25, -0.2) is 9.69 Å². The van der Waals surface area contributed by atoms with Gasteiger partial charge in [0.25, 0.3) is 0 Å². The number of ether oxygens (including phenoxy) is 1. The van der Waals surface area contributed by atoms with E-state index in [0.29, 0.717) is 0 Å². The van der Waals surface area contributed by atoms with Gasteiger partial charge in [-0.3, -0.25) is 9.59 Å². The first kappa shape index (κ1) is 12.7. The molecule has 0 radical (unpaired) electrons. The fourth-order valence-electron chi connectivity index (χ4n) is 1.57. The van der Waals surface area contributed by atoms with Gasteiger partial charge in [-0.2, -0.15) is 0 Å². The molecule has 0 aromatic carbocycles. The summed E-state index contributed by atoms with van der Waals surface area (Å²) in [6.07, 6.45) is -0.748. The highest BCUT2D eigenvalue weighted by atomic mass is 16.6. The molecule has 0 saturated carbocycles. The Morgan fingerprint density at radius 2 is 1.75 bits per heavy atom. The minimum atomic E-state index is -0.748. The zero-order valence-corrected chi connectivity index (χ0v) is 10.2. The molecule has 5 heteroatoms. The number of hydrogen-bond acceptors (Lipinski definition) is 4. The van der Waals surface area contributed by atoms with Gasteiger partial charge >= 0.3 is 6.09 Å². The van der Waals surface area contributed by atoms with Gasteiger partial charge in [0.15, 0.2) is 5.78 Å². The number of ketones is 1. The van der Waals surface area contributed by atoms with Crippen LogP contribution in [0, 0.1) is 5.92 Å². The van der Waals surface area contributed by atoms with E-state index >= 15 is 0 Å². The number of nitrogens with zero attached hydrogens (tertiary/aromatic N) is 1. The molecule has 1 aliphatic heterocycles. The molecule has 1 fully saturated rings. The highest BCUT2D eigenvalue weighted by molar-refractivity contribution is 6.15. The Morgan fingerprint density at radius 1 is 1.25 bits per heavy atom. The Bertz CT molecular complexity index is 342. The molecule has 0 N–H and O–H groups in total. The van der Waals surface area contributed by atoms with Crippen molar-refractivity contribution in [1.82, 2.24) is 4.90 Å². The lowest BCUT2D eigenvalue weighted by Gasteiger charge is -2.25. The van der Waals surface area contributed by atoms with Crippen LogP contribution in [0.3, 0.4) is 0 Å². The molecule has 0 aromatic heterocycles. The third-order valence-corrected chi connectivity index (χ3v) is 2.42. The van der Waals surface area contributed by atoms with Crippen LogP contribution >= 0.6 is 0 Å². The van der Waals surface area contributed by atoms with Crippen LogP contribution in [0.1, 0.15) is 34.6 Å². The number of amides is 2. The highest BCUT2D eigenvalue weighted by Crippen LogP contribution is 2.23. The van der Waals surface area contributed by atoms with Crippen molar-refractivity contribution in [1.29, 1.82) is 0 Å². The second-order valence-corrected chi connectivity index (χ2v) is 4.99. The molecule has 90 valence electrons. The van der Waals surface area contributed by atoms with Crippen molar-refractivity contribution in [2.45, 2.75) is 46.3 Å². The Morgan fingerprint density at radius 3 is 2.06 bits per heavy atom. The molecule has 1 aliphatic rings. The maximum Gasteiger partial charge on any atom is 0.417 e. The van der Waals surface area contributed by atoms with E-state index < -0.39 is 29.6 Å². The van der Waals surface area contributed by atoms with E-state index in [0.717, 1.165) is 4.90 Å². The van der Waals surface area contributed by atoms with E-state index in [1.165, 1.54) is 13.8 Å². The zero-order chi connectivity index (χ0) is 12.7. The van der Waals surface area contributed by atoms with Gasteiger partial charge in [0.2, 0.25) is 5.91 Å². The first-order valence-electron chi connectivity index (χ1n) is 5.25. The number of imide groups is 1. The minimum absolute atomic E-state index is 0.240. The average molecular weight is 227 g/mol. The molecule has 1 heterocycles. The molecule has 2 amide bonds. The number of rotatable bonds is 0. The quantitative estimate of drug-likeness (QED) is 0.586. The SMILES string of the molecule is CC1C(=O)[C@H](C)N(C(=O)OC(C)(C)C)C1=O. The number of carbonyl (C=O) groups excluding carboxylic acids is 3. The molecule has 5 nitrogen and oxygen atoms in total. The van der Waals surface area contributed by atoms with Crippen LogP contribution in [0.5, 0.6) is 0 Å². The van der Waals surface area contributed by atoms with Crippen LogP contribution in [-0.4, -0.2) is 34.3 Å². The van der Waals surface area contributed by atoms with Gasteiger partial charge in [-0.1, -0.05) is 0 Å². The van der Waals surface area contributed by atoms with Gasteiger partial charge < -0.3 is 4.74 Å². The molecule has 0 aromatic rings. The summed E-state index contributed by atoms with van der Waals surface area (Å²) in [4.78, 5) is 35.8. The molecule has 0 spiro atoms. The topological polar surface area (TPSA) is 63.7 Å². The van der Waals surface area contributed by atoms with Crippen LogP contribution in [0.4, 0.5) is 4.79 Å². The molecule has 16 heavy (non-hydrogen) atoms. The molecule has 1 rings (SSSR count). The van der Waals surface area contributed by atoms with Crippen LogP contribution in [0.2, 0.25) is 0 Å². The molecule has 1 unspecified atom stereocenters. The lowest BCUT2D eigenvalue weighted by molar-refractivity contribution is -0.131. The second kappa shape index (κ2) is 3.88. The third kappa shape index (κ3) is 2.23. The number of Topliss-reactive ketones (excluding diaryl/α,β-unsaturated/α-hetero) is 1. The molecule has 1 saturated heterocycles. The van der Waals surface area contributed by atoms with Gasteiger partial charge in [-0.05, 0) is 34.6 Å². The highest BCUT2D eigenvalue weighted by Gasteiger charge is 2.46. The lowest BCUT2D eigenvalue weighted by Crippen LogP contribution is -2.42. The molecular weight excluding hydrogens is 210 g/mol. The van der Waals surface area contributed by atoms with Gasteiger partial charge in [-0.15, -0.1) is 0 Å². The van der Waals surface area contributed by atoms with Crippen molar-refractivity contribution in [3.05, 3.63) is 0 Å². The van der Waals surface area contributed by atoms with Crippen LogP contribution in [-0.2, 0) is 14.3 Å². The summed E-state index contributed by atoms with van der Waals surface area (Å²) in [5, 5.41) is 0. The molecular formula is C11H17NO4. The Balaban J connectivity index is 2.86. The van der Waals surface area contributed by atoms with E-state index in [4.69, 9.17) is 4.74 Å². The smallest absolute Gasteiger partial charge is 0.417 e. The fourth-order valence-corrected chi connectivity index (χ4v) is 1.57. The van der Waals surface area contributed by atoms with Crippen molar-refractivity contribution < 1.29 is 19.1 Å². The summed E-state index contributed by atoms with van der Waals surface area (Å²) in [6, 6.07) is -0.725. The lowest BCUT2D eigenvalue weighted by atomic mass is 10.1. The predicted molar refractivity (Wildman–Crippen MR) is 56.7 cm³/mol. The average Bonchev–Trinajstić information content (AvgIpc) is 2.28. The van der Waals surface area contributed by atoms with Crippen LogP contribution in [0.25, 0.3) is 0 Å². The zero-order valence-electron chi connectivity index (χ0n) is 10.2. The molecule has 0 bridgehead atoms. The summed E-state index contributed by atoms with van der Waals surface area (Å²) in [5.41, 5.74) is -0.675. The molecule has 0 aliphatic carbocycles. The van der Waals surface area contributed by atoms with E-state index in [-0.39, 0.29) is 5.78 Å². The third-order valence-electron chi connectivity index (χ3n) is 2.42. The normalized spacial score (nSPS) is 26.2. The second-order valence-electron chi connectivity index (χ2n) is 4.99. The Kier molecular flexibility index (Phi) is 3.08. The van der Waals surface area contributed by atoms with Gasteiger partial charge in [0.1, 0.15) is 5.60 Å². The van der Waals surface area contributed by atoms with Crippen LogP contribution in [0.15, 0.2) is 0 Å². The first-order valence-corrected chi connectivity index (χ1v) is 5.25. The summed E-state index contributed by atoms with van der Waals surface area (Å²) in [5.74, 6) is -1.47. The van der Waals surface area contributed by atoms with Gasteiger partial charge in [0.05, 0.1) is 12.0 Å². The number of carbonyl (C=O) groups is 3. The monoisotopic (exact) mass is 227 g/mol. The van der Waals surface area contributed by atoms with E-state index in [1.807, 2.05) is 0 Å². The van der Waals surface area contributed by atoms with E-state index in [1.54, 1.807) is 20.8 Å². The standard InChI is InChI=1S/C11H17NO4/c1-6-8(13)7(2)12(9(6)14)10(15)16-11(3,4)5/h6-7H,1-5H3/t6?,7-/m0/s1. The minimum Gasteiger partial charge on any atom is -0.443 e.